The van der Waals surface area contributed by atoms with Crippen molar-refractivity contribution in [3.05, 3.63) is 27.0 Å². The number of hydrogen-bond donors (Lipinski definition) is 0. The molecule has 6 heteroatoms. The minimum Gasteiger partial charge on any atom is -0.456 e. The van der Waals surface area contributed by atoms with Gasteiger partial charge in [-0.3, -0.25) is 4.79 Å². The molecule has 0 aliphatic rings. The number of fused-ring (bicyclic) bond motifs is 1. The lowest BCUT2D eigenvalue weighted by atomic mass is 10.4. The first kappa shape index (κ1) is 13.2. The van der Waals surface area contributed by atoms with Crippen LogP contribution in [-0.2, 0) is 0 Å². The van der Waals surface area contributed by atoms with Crippen molar-refractivity contribution < 1.29 is 8.83 Å². The quantitative estimate of drug-likeness (QED) is 0.865. The Morgan fingerprint density at radius 1 is 1.22 bits per heavy atom. The molecule has 0 aromatic carbocycles. The van der Waals surface area contributed by atoms with E-state index in [9.17, 15) is 4.79 Å². The Balaban J connectivity index is 2.33. The second-order valence-corrected chi connectivity index (χ2v) is 5.27. The minimum absolute atomic E-state index is 0.173. The maximum absolute atomic E-state index is 11.8. The van der Waals surface area contributed by atoms with Crippen LogP contribution >= 0.6 is 15.9 Å². The van der Waals surface area contributed by atoms with Crippen molar-refractivity contribution in [2.75, 3.05) is 39.1 Å². The fraction of sp³-hybridized carbons (Fsp3) is 0.417. The van der Waals surface area contributed by atoms with Crippen molar-refractivity contribution in [3.8, 4) is 0 Å². The topological polar surface area (TPSA) is 49.8 Å². The van der Waals surface area contributed by atoms with Crippen LogP contribution in [0.2, 0.25) is 0 Å². The van der Waals surface area contributed by atoms with Crippen LogP contribution in [-0.4, -0.2) is 39.1 Å². The second-order valence-electron chi connectivity index (χ2n) is 4.42. The molecule has 2 aromatic heterocycles. The van der Waals surface area contributed by atoms with Gasteiger partial charge < -0.3 is 18.6 Å². The van der Waals surface area contributed by atoms with Gasteiger partial charge in [0.2, 0.25) is 11.0 Å². The summed E-state index contributed by atoms with van der Waals surface area (Å²) in [4.78, 5) is 15.8. The number of halogens is 1. The summed E-state index contributed by atoms with van der Waals surface area (Å²) in [6.45, 7) is 1.65. The lowest BCUT2D eigenvalue weighted by Gasteiger charge is -2.19. The van der Waals surface area contributed by atoms with Crippen LogP contribution in [0.4, 0.5) is 5.88 Å². The van der Waals surface area contributed by atoms with Crippen molar-refractivity contribution in [1.82, 2.24) is 4.90 Å². The summed E-state index contributed by atoms with van der Waals surface area (Å²) in [6, 6.07) is 1.45. The lowest BCUT2D eigenvalue weighted by molar-refractivity contribution is 0.412. The van der Waals surface area contributed by atoms with E-state index < -0.39 is 0 Å². The third-order valence-electron chi connectivity index (χ3n) is 2.65. The van der Waals surface area contributed by atoms with Gasteiger partial charge in [0.1, 0.15) is 6.26 Å². The Labute approximate surface area is 113 Å². The zero-order valence-electron chi connectivity index (χ0n) is 10.6. The van der Waals surface area contributed by atoms with E-state index in [0.29, 0.717) is 15.9 Å². The standard InChI is InChI=1S/C12H15BrN2O3/c1-14(2)4-5-15(3)10-6-9(16)12-11(18-10)8(13)7-17-12/h6-7H,4-5H2,1-3H3. The van der Waals surface area contributed by atoms with Crippen molar-refractivity contribution >= 4 is 33.0 Å². The molecule has 0 amide bonds. The highest BCUT2D eigenvalue weighted by molar-refractivity contribution is 9.10. The van der Waals surface area contributed by atoms with Crippen LogP contribution in [0.15, 0.2) is 30.4 Å². The molecule has 0 radical (unpaired) electrons. The summed E-state index contributed by atoms with van der Waals surface area (Å²) < 4.78 is 11.5. The van der Waals surface area contributed by atoms with Gasteiger partial charge in [0, 0.05) is 20.1 Å². The molecule has 0 bridgehead atoms. The van der Waals surface area contributed by atoms with Gasteiger partial charge in [0.25, 0.3) is 0 Å². The van der Waals surface area contributed by atoms with Gasteiger partial charge in [-0.15, -0.1) is 0 Å². The minimum atomic E-state index is -0.173. The number of likely N-dealkylation sites (N-methyl/N-ethyl adjacent to an activating group) is 2. The summed E-state index contributed by atoms with van der Waals surface area (Å²) >= 11 is 3.29. The maximum Gasteiger partial charge on any atom is 0.230 e. The third-order valence-corrected chi connectivity index (χ3v) is 3.19. The Morgan fingerprint density at radius 2 is 1.94 bits per heavy atom. The normalized spacial score (nSPS) is 11.4. The monoisotopic (exact) mass is 314 g/mol. The highest BCUT2D eigenvalue weighted by Crippen LogP contribution is 2.26. The van der Waals surface area contributed by atoms with Gasteiger partial charge in [-0.2, -0.15) is 0 Å². The molecule has 0 N–H and O–H groups in total. The number of anilines is 1. The molecule has 0 fully saturated rings. The molecule has 0 spiro atoms. The third kappa shape index (κ3) is 2.59. The van der Waals surface area contributed by atoms with Crippen LogP contribution in [0.25, 0.3) is 11.2 Å². The average molecular weight is 315 g/mol. The van der Waals surface area contributed by atoms with Crippen molar-refractivity contribution in [3.63, 3.8) is 0 Å². The predicted octanol–water partition coefficient (Wildman–Crippen LogP) is 2.15. The fourth-order valence-electron chi connectivity index (χ4n) is 1.55. The fourth-order valence-corrected chi connectivity index (χ4v) is 1.91. The van der Waals surface area contributed by atoms with E-state index >= 15 is 0 Å². The van der Waals surface area contributed by atoms with Gasteiger partial charge in [-0.05, 0) is 30.0 Å². The Kier molecular flexibility index (Phi) is 3.77. The van der Waals surface area contributed by atoms with Gasteiger partial charge in [-0.25, -0.2) is 0 Å². The van der Waals surface area contributed by atoms with Crippen LogP contribution in [0.3, 0.4) is 0 Å². The summed E-state index contributed by atoms with van der Waals surface area (Å²) in [7, 11) is 5.89. The SMILES string of the molecule is CN(C)CCN(C)c1cc(=O)c2occ(Br)c2o1. The van der Waals surface area contributed by atoms with E-state index in [0.717, 1.165) is 13.1 Å². The Hall–Kier alpha value is -1.27. The molecule has 2 heterocycles. The summed E-state index contributed by atoms with van der Waals surface area (Å²) in [5.41, 5.74) is 0.523. The molecule has 5 nitrogen and oxygen atoms in total. The van der Waals surface area contributed by atoms with Crippen molar-refractivity contribution in [1.29, 1.82) is 0 Å². The van der Waals surface area contributed by atoms with E-state index in [1.807, 2.05) is 26.0 Å². The highest BCUT2D eigenvalue weighted by Gasteiger charge is 2.14. The van der Waals surface area contributed by atoms with Crippen LogP contribution in [0.1, 0.15) is 0 Å². The second kappa shape index (κ2) is 5.16. The van der Waals surface area contributed by atoms with E-state index in [1.165, 1.54) is 12.3 Å². The molecule has 0 unspecified atom stereocenters. The molecule has 0 atom stereocenters. The molecule has 98 valence electrons. The molecule has 0 saturated heterocycles. The lowest BCUT2D eigenvalue weighted by Crippen LogP contribution is -2.28. The molecule has 2 rings (SSSR count). The molecule has 0 aliphatic heterocycles. The van der Waals surface area contributed by atoms with Crippen molar-refractivity contribution in [2.24, 2.45) is 0 Å². The first-order valence-electron chi connectivity index (χ1n) is 5.55. The predicted molar refractivity (Wildman–Crippen MR) is 74.3 cm³/mol. The van der Waals surface area contributed by atoms with Gasteiger partial charge in [-0.1, -0.05) is 0 Å². The number of rotatable bonds is 4. The van der Waals surface area contributed by atoms with E-state index in [-0.39, 0.29) is 11.0 Å². The van der Waals surface area contributed by atoms with Crippen molar-refractivity contribution in [2.45, 2.75) is 0 Å². The van der Waals surface area contributed by atoms with E-state index in [1.54, 1.807) is 0 Å². The summed E-state index contributed by atoms with van der Waals surface area (Å²) in [5, 5.41) is 0. The molecule has 0 aliphatic carbocycles. The Bertz CT molecular complexity index is 603. The average Bonchev–Trinajstić information content (AvgIpc) is 2.68. The molecule has 2 aromatic rings. The zero-order valence-corrected chi connectivity index (χ0v) is 12.2. The van der Waals surface area contributed by atoms with E-state index in [4.69, 9.17) is 8.83 Å². The molecule has 18 heavy (non-hydrogen) atoms. The number of furan rings is 1. The van der Waals surface area contributed by atoms with Crippen LogP contribution in [0, 0.1) is 0 Å². The van der Waals surface area contributed by atoms with E-state index in [2.05, 4.69) is 20.8 Å². The maximum atomic E-state index is 11.8. The van der Waals surface area contributed by atoms with Crippen LogP contribution < -0.4 is 10.3 Å². The molecular weight excluding hydrogens is 300 g/mol. The smallest absolute Gasteiger partial charge is 0.230 e. The highest BCUT2D eigenvalue weighted by atomic mass is 79.9. The number of hydrogen-bond acceptors (Lipinski definition) is 5. The first-order chi connectivity index (χ1) is 8.49. The Morgan fingerprint density at radius 3 is 2.61 bits per heavy atom. The molecular formula is C12H15BrN2O3. The summed E-state index contributed by atoms with van der Waals surface area (Å²) in [6.07, 6.45) is 1.46. The zero-order chi connectivity index (χ0) is 13.3. The molecule has 0 saturated carbocycles. The van der Waals surface area contributed by atoms with Gasteiger partial charge in [0.15, 0.2) is 11.5 Å². The van der Waals surface area contributed by atoms with Gasteiger partial charge in [0.05, 0.1) is 10.5 Å². The first-order valence-corrected chi connectivity index (χ1v) is 6.35. The van der Waals surface area contributed by atoms with Crippen LogP contribution in [0.5, 0.6) is 0 Å². The number of nitrogens with zero attached hydrogens (tertiary/aromatic N) is 2. The summed E-state index contributed by atoms with van der Waals surface area (Å²) in [5.74, 6) is 0.538. The van der Waals surface area contributed by atoms with Gasteiger partial charge >= 0.3 is 0 Å². The largest absolute Gasteiger partial charge is 0.456 e.